The zero-order chi connectivity index (χ0) is 15.6. The quantitative estimate of drug-likeness (QED) is 0.807. The maximum absolute atomic E-state index is 12.8. The average molecular weight is 377 g/mol. The molecule has 0 bridgehead atoms. The van der Waals surface area contributed by atoms with Crippen LogP contribution in [0.25, 0.3) is 0 Å². The summed E-state index contributed by atoms with van der Waals surface area (Å²) in [7, 11) is 2.04. The van der Waals surface area contributed by atoms with E-state index in [0.29, 0.717) is 24.9 Å². The number of rotatable bonds is 4. The summed E-state index contributed by atoms with van der Waals surface area (Å²) >= 11 is 3.33. The van der Waals surface area contributed by atoms with Gasteiger partial charge in [-0.1, -0.05) is 15.9 Å². The summed E-state index contributed by atoms with van der Waals surface area (Å²) in [5.74, 6) is 0.382. The molecule has 0 atom stereocenters. The van der Waals surface area contributed by atoms with Crippen molar-refractivity contribution in [1.82, 2.24) is 9.21 Å². The second-order valence-electron chi connectivity index (χ2n) is 5.39. The predicted molar refractivity (Wildman–Crippen MR) is 86.2 cm³/mol. The molecule has 1 aromatic rings. The van der Waals surface area contributed by atoms with Crippen LogP contribution in [0.2, 0.25) is 0 Å². The van der Waals surface area contributed by atoms with Crippen molar-refractivity contribution >= 4 is 26.0 Å². The minimum Gasteiger partial charge on any atom is -0.495 e. The molecule has 0 amide bonds. The minimum absolute atomic E-state index is 0.225. The van der Waals surface area contributed by atoms with Crippen LogP contribution < -0.4 is 4.74 Å². The second kappa shape index (κ2) is 6.64. The standard InChI is InChI=1S/C14H21BrN2O3S/c1-16(2)12-6-8-17(9-7-12)21(18,19)14-10-11(15)4-5-13(14)20-3/h4-5,10,12H,6-9H2,1-3H3. The van der Waals surface area contributed by atoms with Gasteiger partial charge in [0.2, 0.25) is 10.0 Å². The van der Waals surface area contributed by atoms with E-state index < -0.39 is 10.0 Å². The van der Waals surface area contributed by atoms with Crippen molar-refractivity contribution in [3.8, 4) is 5.75 Å². The average Bonchev–Trinajstić information content (AvgIpc) is 2.47. The Morgan fingerprint density at radius 3 is 2.43 bits per heavy atom. The molecule has 5 nitrogen and oxygen atoms in total. The highest BCUT2D eigenvalue weighted by atomic mass is 79.9. The van der Waals surface area contributed by atoms with Gasteiger partial charge < -0.3 is 9.64 Å². The lowest BCUT2D eigenvalue weighted by atomic mass is 10.1. The molecule has 1 saturated heterocycles. The molecule has 0 unspecified atom stereocenters. The SMILES string of the molecule is COc1ccc(Br)cc1S(=O)(=O)N1CCC(N(C)C)CC1. The van der Waals surface area contributed by atoms with Crippen molar-refractivity contribution in [2.45, 2.75) is 23.8 Å². The van der Waals surface area contributed by atoms with Crippen LogP contribution in [0.3, 0.4) is 0 Å². The van der Waals surface area contributed by atoms with Crippen molar-refractivity contribution in [3.63, 3.8) is 0 Å². The first-order valence-electron chi connectivity index (χ1n) is 6.86. The van der Waals surface area contributed by atoms with Crippen LogP contribution in [0.1, 0.15) is 12.8 Å². The molecule has 1 aromatic carbocycles. The first-order valence-corrected chi connectivity index (χ1v) is 9.09. The Morgan fingerprint density at radius 2 is 1.90 bits per heavy atom. The Hall–Kier alpha value is -0.630. The summed E-state index contributed by atoms with van der Waals surface area (Å²) in [4.78, 5) is 2.38. The van der Waals surface area contributed by atoms with Crippen LogP contribution in [0, 0.1) is 0 Å². The largest absolute Gasteiger partial charge is 0.495 e. The van der Waals surface area contributed by atoms with Crippen molar-refractivity contribution < 1.29 is 13.2 Å². The first-order chi connectivity index (χ1) is 9.86. The third-order valence-electron chi connectivity index (χ3n) is 3.90. The van der Waals surface area contributed by atoms with Crippen LogP contribution in [0.5, 0.6) is 5.75 Å². The molecule has 0 radical (unpaired) electrons. The maximum atomic E-state index is 12.8. The lowest BCUT2D eigenvalue weighted by Gasteiger charge is -2.34. The van der Waals surface area contributed by atoms with E-state index in [1.54, 1.807) is 22.5 Å². The topological polar surface area (TPSA) is 49.9 Å². The van der Waals surface area contributed by atoms with Gasteiger partial charge in [0.05, 0.1) is 7.11 Å². The first kappa shape index (κ1) is 16.7. The number of hydrogen-bond acceptors (Lipinski definition) is 4. The van der Waals surface area contributed by atoms with Crippen LogP contribution in [0.15, 0.2) is 27.6 Å². The molecule has 1 heterocycles. The van der Waals surface area contributed by atoms with E-state index in [1.807, 2.05) is 14.1 Å². The maximum Gasteiger partial charge on any atom is 0.246 e. The Labute approximate surface area is 135 Å². The van der Waals surface area contributed by atoms with E-state index in [2.05, 4.69) is 20.8 Å². The molecule has 0 N–H and O–H groups in total. The van der Waals surface area contributed by atoms with E-state index in [0.717, 1.165) is 17.3 Å². The lowest BCUT2D eigenvalue weighted by Crippen LogP contribution is -2.44. The van der Waals surface area contributed by atoms with Crippen LogP contribution >= 0.6 is 15.9 Å². The number of hydrogen-bond donors (Lipinski definition) is 0. The van der Waals surface area contributed by atoms with Gasteiger partial charge in [0, 0.05) is 23.6 Å². The normalized spacial score (nSPS) is 18.1. The highest BCUT2D eigenvalue weighted by Gasteiger charge is 2.32. The Bertz CT molecular complexity index is 596. The number of methoxy groups -OCH3 is 1. The van der Waals surface area contributed by atoms with E-state index in [1.165, 1.54) is 7.11 Å². The zero-order valence-corrected chi connectivity index (χ0v) is 14.9. The van der Waals surface area contributed by atoms with E-state index in [4.69, 9.17) is 4.74 Å². The van der Waals surface area contributed by atoms with Gasteiger partial charge in [-0.2, -0.15) is 4.31 Å². The van der Waals surface area contributed by atoms with Gasteiger partial charge in [0.1, 0.15) is 10.6 Å². The highest BCUT2D eigenvalue weighted by molar-refractivity contribution is 9.10. The fourth-order valence-electron chi connectivity index (χ4n) is 2.59. The minimum atomic E-state index is -3.52. The zero-order valence-electron chi connectivity index (χ0n) is 12.5. The lowest BCUT2D eigenvalue weighted by molar-refractivity contribution is 0.196. The Morgan fingerprint density at radius 1 is 1.29 bits per heavy atom. The highest BCUT2D eigenvalue weighted by Crippen LogP contribution is 2.31. The van der Waals surface area contributed by atoms with Gasteiger partial charge in [-0.15, -0.1) is 0 Å². The van der Waals surface area contributed by atoms with Crippen molar-refractivity contribution in [2.75, 3.05) is 34.3 Å². The summed E-state index contributed by atoms with van der Waals surface area (Å²) in [5, 5.41) is 0. The van der Waals surface area contributed by atoms with Gasteiger partial charge in [-0.05, 0) is 45.1 Å². The van der Waals surface area contributed by atoms with Crippen molar-refractivity contribution in [3.05, 3.63) is 22.7 Å². The molecule has 0 spiro atoms. The van der Waals surface area contributed by atoms with Crippen LogP contribution in [-0.2, 0) is 10.0 Å². The van der Waals surface area contributed by atoms with Gasteiger partial charge >= 0.3 is 0 Å². The smallest absolute Gasteiger partial charge is 0.246 e. The second-order valence-corrected chi connectivity index (χ2v) is 8.22. The van der Waals surface area contributed by atoms with E-state index >= 15 is 0 Å². The predicted octanol–water partition coefficient (Wildman–Crippen LogP) is 2.17. The number of ether oxygens (including phenoxy) is 1. The molecule has 1 fully saturated rings. The van der Waals surface area contributed by atoms with Crippen molar-refractivity contribution in [1.29, 1.82) is 0 Å². The van der Waals surface area contributed by atoms with Gasteiger partial charge in [-0.25, -0.2) is 8.42 Å². The van der Waals surface area contributed by atoms with Gasteiger partial charge in [0.25, 0.3) is 0 Å². The summed E-state index contributed by atoms with van der Waals surface area (Å²) in [5.41, 5.74) is 0. The molecule has 0 aliphatic carbocycles. The molecule has 1 aliphatic heterocycles. The van der Waals surface area contributed by atoms with E-state index in [-0.39, 0.29) is 4.90 Å². The third-order valence-corrected chi connectivity index (χ3v) is 6.31. The monoisotopic (exact) mass is 376 g/mol. The summed E-state index contributed by atoms with van der Waals surface area (Å²) in [6.07, 6.45) is 1.70. The molecule has 7 heteroatoms. The summed E-state index contributed by atoms with van der Waals surface area (Å²) < 4.78 is 33.1. The third kappa shape index (κ3) is 3.59. The molecule has 2 rings (SSSR count). The number of sulfonamides is 1. The summed E-state index contributed by atoms with van der Waals surface area (Å²) in [6, 6.07) is 5.49. The van der Waals surface area contributed by atoms with Gasteiger partial charge in [0.15, 0.2) is 0 Å². The molecule has 21 heavy (non-hydrogen) atoms. The number of nitrogens with zero attached hydrogens (tertiary/aromatic N) is 2. The number of halogens is 1. The van der Waals surface area contributed by atoms with E-state index in [9.17, 15) is 8.42 Å². The number of piperidine rings is 1. The van der Waals surface area contributed by atoms with Crippen LogP contribution in [0.4, 0.5) is 0 Å². The van der Waals surface area contributed by atoms with Gasteiger partial charge in [-0.3, -0.25) is 0 Å². The van der Waals surface area contributed by atoms with Crippen molar-refractivity contribution in [2.24, 2.45) is 0 Å². The Kier molecular flexibility index (Phi) is 5.29. The fourth-order valence-corrected chi connectivity index (χ4v) is 4.75. The molecule has 118 valence electrons. The molecule has 0 aromatic heterocycles. The van der Waals surface area contributed by atoms with Crippen LogP contribution in [-0.4, -0.2) is 58.0 Å². The Balaban J connectivity index is 2.25. The molecule has 1 aliphatic rings. The molecular weight excluding hydrogens is 356 g/mol. The summed E-state index contributed by atoms with van der Waals surface area (Å²) in [6.45, 7) is 1.09. The molecular formula is C14H21BrN2O3S. The molecule has 0 saturated carbocycles. The fraction of sp³-hybridized carbons (Fsp3) is 0.571. The number of benzene rings is 1.